The third-order valence-corrected chi connectivity index (χ3v) is 2.83. The number of aryl methyl sites for hydroxylation is 1. The number of nitrogens with zero attached hydrogens (tertiary/aromatic N) is 3. The zero-order valence-corrected chi connectivity index (χ0v) is 8.64. The van der Waals surface area contributed by atoms with Crippen LogP contribution in [0.5, 0.6) is 0 Å². The van der Waals surface area contributed by atoms with Gasteiger partial charge in [-0.2, -0.15) is 0 Å². The minimum absolute atomic E-state index is 0.261. The van der Waals surface area contributed by atoms with Crippen molar-refractivity contribution in [1.29, 1.82) is 0 Å². The molecule has 0 aromatic carbocycles. The zero-order chi connectivity index (χ0) is 10.1. The molecule has 2 N–H and O–H groups in total. The van der Waals surface area contributed by atoms with Crippen LogP contribution in [-0.2, 0) is 0 Å². The highest BCUT2D eigenvalue weighted by Gasteiger charge is 2.28. The summed E-state index contributed by atoms with van der Waals surface area (Å²) in [5, 5.41) is 0. The van der Waals surface area contributed by atoms with Gasteiger partial charge < -0.3 is 10.6 Å². The van der Waals surface area contributed by atoms with Gasteiger partial charge in [0, 0.05) is 31.5 Å². The second-order valence-electron chi connectivity index (χ2n) is 4.01. The second-order valence-corrected chi connectivity index (χ2v) is 4.01. The van der Waals surface area contributed by atoms with Crippen LogP contribution in [0.15, 0.2) is 12.4 Å². The Labute approximate surface area is 84.2 Å². The Morgan fingerprint density at radius 1 is 1.36 bits per heavy atom. The van der Waals surface area contributed by atoms with Crippen molar-refractivity contribution in [3.8, 4) is 0 Å². The van der Waals surface area contributed by atoms with E-state index in [1.165, 1.54) is 0 Å². The van der Waals surface area contributed by atoms with Gasteiger partial charge in [0.15, 0.2) is 0 Å². The molecule has 2 rings (SSSR count). The minimum atomic E-state index is 0.261. The lowest BCUT2D eigenvalue weighted by Crippen LogP contribution is -2.29. The zero-order valence-electron chi connectivity index (χ0n) is 8.64. The van der Waals surface area contributed by atoms with Gasteiger partial charge in [0.05, 0.1) is 5.69 Å². The average molecular weight is 192 g/mol. The third kappa shape index (κ3) is 1.57. The molecule has 1 saturated heterocycles. The summed E-state index contributed by atoms with van der Waals surface area (Å²) in [5.74, 6) is 1.52. The smallest absolute Gasteiger partial charge is 0.150 e. The molecular weight excluding hydrogens is 176 g/mol. The monoisotopic (exact) mass is 192 g/mol. The van der Waals surface area contributed by atoms with Gasteiger partial charge >= 0.3 is 0 Å². The number of anilines is 1. The highest BCUT2D eigenvalue weighted by Crippen LogP contribution is 2.22. The molecule has 0 radical (unpaired) electrons. The summed E-state index contributed by atoms with van der Waals surface area (Å²) >= 11 is 0. The molecule has 76 valence electrons. The first-order chi connectivity index (χ1) is 6.68. The predicted molar refractivity (Wildman–Crippen MR) is 56.1 cm³/mol. The van der Waals surface area contributed by atoms with Crippen LogP contribution in [0.3, 0.4) is 0 Å². The molecule has 0 amide bonds. The van der Waals surface area contributed by atoms with E-state index < -0.39 is 0 Å². The molecule has 2 heterocycles. The van der Waals surface area contributed by atoms with Crippen molar-refractivity contribution in [2.24, 2.45) is 11.7 Å². The fourth-order valence-corrected chi connectivity index (χ4v) is 1.88. The maximum Gasteiger partial charge on any atom is 0.150 e. The van der Waals surface area contributed by atoms with Crippen LogP contribution < -0.4 is 10.6 Å². The number of rotatable bonds is 1. The van der Waals surface area contributed by atoms with Crippen molar-refractivity contribution >= 4 is 5.82 Å². The fourth-order valence-electron chi connectivity index (χ4n) is 1.88. The lowest BCUT2D eigenvalue weighted by molar-refractivity contribution is 0.566. The molecular formula is C10H16N4. The first-order valence-electron chi connectivity index (χ1n) is 4.96. The third-order valence-electron chi connectivity index (χ3n) is 2.83. The van der Waals surface area contributed by atoms with Crippen LogP contribution in [-0.4, -0.2) is 29.1 Å². The average Bonchev–Trinajstić information content (AvgIpc) is 2.48. The Morgan fingerprint density at radius 3 is 2.64 bits per heavy atom. The lowest BCUT2D eigenvalue weighted by Gasteiger charge is -2.17. The number of aromatic nitrogens is 2. The summed E-state index contributed by atoms with van der Waals surface area (Å²) in [6, 6.07) is 0.261. The Morgan fingerprint density at radius 2 is 2.07 bits per heavy atom. The molecule has 0 bridgehead atoms. The van der Waals surface area contributed by atoms with Gasteiger partial charge in [-0.1, -0.05) is 6.92 Å². The highest BCUT2D eigenvalue weighted by atomic mass is 15.2. The molecule has 1 aliphatic rings. The number of nitrogens with two attached hydrogens (primary N) is 1. The van der Waals surface area contributed by atoms with Gasteiger partial charge in [-0.15, -0.1) is 0 Å². The molecule has 14 heavy (non-hydrogen) atoms. The van der Waals surface area contributed by atoms with Crippen LogP contribution in [0.1, 0.15) is 12.6 Å². The van der Waals surface area contributed by atoms with E-state index in [2.05, 4.69) is 21.8 Å². The van der Waals surface area contributed by atoms with Crippen molar-refractivity contribution in [3.63, 3.8) is 0 Å². The van der Waals surface area contributed by atoms with Gasteiger partial charge in [-0.3, -0.25) is 4.98 Å². The maximum atomic E-state index is 5.97. The molecule has 4 heteroatoms. The van der Waals surface area contributed by atoms with Crippen molar-refractivity contribution in [2.45, 2.75) is 19.9 Å². The summed E-state index contributed by atoms with van der Waals surface area (Å²) in [6.07, 6.45) is 3.45. The van der Waals surface area contributed by atoms with E-state index >= 15 is 0 Å². The summed E-state index contributed by atoms with van der Waals surface area (Å²) in [7, 11) is 0. The van der Waals surface area contributed by atoms with E-state index in [1.807, 2.05) is 6.92 Å². The fraction of sp³-hybridized carbons (Fsp3) is 0.600. The SMILES string of the molecule is Cc1nccnc1N1CC(C)C(N)C1. The summed E-state index contributed by atoms with van der Waals surface area (Å²) in [4.78, 5) is 10.8. The van der Waals surface area contributed by atoms with Crippen molar-refractivity contribution in [3.05, 3.63) is 18.1 Å². The standard InChI is InChI=1S/C10H16N4/c1-7-5-14(6-9(7)11)10-8(2)12-3-4-13-10/h3-4,7,9H,5-6,11H2,1-2H3. The van der Waals surface area contributed by atoms with Crippen LogP contribution in [0.4, 0.5) is 5.82 Å². The summed E-state index contributed by atoms with van der Waals surface area (Å²) < 4.78 is 0. The van der Waals surface area contributed by atoms with Crippen molar-refractivity contribution in [1.82, 2.24) is 9.97 Å². The summed E-state index contributed by atoms with van der Waals surface area (Å²) in [5.41, 5.74) is 6.95. The van der Waals surface area contributed by atoms with E-state index in [0.29, 0.717) is 5.92 Å². The quantitative estimate of drug-likeness (QED) is 0.706. The minimum Gasteiger partial charge on any atom is -0.353 e. The predicted octanol–water partition coefficient (Wildman–Crippen LogP) is 0.568. The van der Waals surface area contributed by atoms with Gasteiger partial charge in [-0.05, 0) is 12.8 Å². The molecule has 0 spiro atoms. The van der Waals surface area contributed by atoms with E-state index in [-0.39, 0.29) is 6.04 Å². The Bertz CT molecular complexity index is 316. The largest absolute Gasteiger partial charge is 0.353 e. The molecule has 0 aliphatic carbocycles. The van der Waals surface area contributed by atoms with Crippen LogP contribution in [0.2, 0.25) is 0 Å². The first kappa shape index (κ1) is 9.40. The molecule has 1 aromatic rings. The van der Waals surface area contributed by atoms with Crippen LogP contribution in [0, 0.1) is 12.8 Å². The topological polar surface area (TPSA) is 55.0 Å². The molecule has 1 fully saturated rings. The molecule has 1 aliphatic heterocycles. The molecule has 0 saturated carbocycles. The van der Waals surface area contributed by atoms with Gasteiger partial charge in [0.2, 0.25) is 0 Å². The molecule has 2 atom stereocenters. The Hall–Kier alpha value is -1.16. The highest BCUT2D eigenvalue weighted by molar-refractivity contribution is 5.43. The van der Waals surface area contributed by atoms with Crippen LogP contribution >= 0.6 is 0 Å². The van der Waals surface area contributed by atoms with Gasteiger partial charge in [0.25, 0.3) is 0 Å². The first-order valence-corrected chi connectivity index (χ1v) is 4.96. The van der Waals surface area contributed by atoms with E-state index in [4.69, 9.17) is 5.73 Å². The number of hydrogen-bond donors (Lipinski definition) is 1. The van der Waals surface area contributed by atoms with Gasteiger partial charge in [-0.25, -0.2) is 4.98 Å². The van der Waals surface area contributed by atoms with Crippen molar-refractivity contribution < 1.29 is 0 Å². The van der Waals surface area contributed by atoms with Crippen molar-refractivity contribution in [2.75, 3.05) is 18.0 Å². The van der Waals surface area contributed by atoms with Gasteiger partial charge in [0.1, 0.15) is 5.82 Å². The van der Waals surface area contributed by atoms with E-state index in [1.54, 1.807) is 12.4 Å². The lowest BCUT2D eigenvalue weighted by atomic mass is 10.1. The van der Waals surface area contributed by atoms with Crippen LogP contribution in [0.25, 0.3) is 0 Å². The Balaban J connectivity index is 2.21. The van der Waals surface area contributed by atoms with E-state index in [9.17, 15) is 0 Å². The molecule has 1 aromatic heterocycles. The molecule has 4 nitrogen and oxygen atoms in total. The van der Waals surface area contributed by atoms with E-state index in [0.717, 1.165) is 24.6 Å². The maximum absolute atomic E-state index is 5.97. The summed E-state index contributed by atoms with van der Waals surface area (Å²) in [6.45, 7) is 6.04. The Kier molecular flexibility index (Phi) is 2.37. The second kappa shape index (κ2) is 3.53. The normalized spacial score (nSPS) is 26.9. The molecule has 2 unspecified atom stereocenters. The number of hydrogen-bond acceptors (Lipinski definition) is 4.